The summed E-state index contributed by atoms with van der Waals surface area (Å²) in [5.74, 6) is 0.0281. The average molecular weight is 318 g/mol. The Hall–Kier alpha value is -1.35. The van der Waals surface area contributed by atoms with Gasteiger partial charge in [-0.3, -0.25) is 4.79 Å². The van der Waals surface area contributed by atoms with Crippen LogP contribution in [0.15, 0.2) is 40.9 Å². The Labute approximate surface area is 121 Å². The second-order valence-corrected chi connectivity index (χ2v) is 6.84. The van der Waals surface area contributed by atoms with Crippen LogP contribution in [-0.4, -0.2) is 11.9 Å². The van der Waals surface area contributed by atoms with Crippen LogP contribution in [0.1, 0.15) is 30.6 Å². The molecule has 2 nitrogen and oxygen atoms in total. The van der Waals surface area contributed by atoms with Crippen LogP contribution in [0.5, 0.6) is 0 Å². The molecule has 0 aliphatic heterocycles. The largest absolute Gasteiger partial charge is 0.349 e. The van der Waals surface area contributed by atoms with E-state index < -0.39 is 0 Å². The third kappa shape index (κ3) is 2.52. The molecular formula is C16H16BrNO. The van der Waals surface area contributed by atoms with Crippen LogP contribution in [0.3, 0.4) is 0 Å². The monoisotopic (exact) mass is 317 g/mol. The number of carbonyl (C=O) groups excluding carboxylic acids is 1. The maximum atomic E-state index is 12.2. The SMILES string of the molecule is CC1(C)CC1NC(=O)c1ccc2cc(Br)ccc2c1. The van der Waals surface area contributed by atoms with E-state index in [4.69, 9.17) is 0 Å². The fourth-order valence-electron chi connectivity index (χ4n) is 2.31. The summed E-state index contributed by atoms with van der Waals surface area (Å²) in [7, 11) is 0. The molecule has 0 radical (unpaired) electrons. The first-order valence-corrected chi connectivity index (χ1v) is 7.25. The van der Waals surface area contributed by atoms with E-state index in [1.807, 2.05) is 30.3 Å². The van der Waals surface area contributed by atoms with Gasteiger partial charge in [0.2, 0.25) is 0 Å². The number of halogens is 1. The van der Waals surface area contributed by atoms with Crippen molar-refractivity contribution in [1.82, 2.24) is 5.32 Å². The molecule has 1 N–H and O–H groups in total. The Morgan fingerprint density at radius 3 is 2.53 bits per heavy atom. The van der Waals surface area contributed by atoms with Crippen LogP contribution in [0.2, 0.25) is 0 Å². The lowest BCUT2D eigenvalue weighted by Gasteiger charge is -2.08. The van der Waals surface area contributed by atoms with Gasteiger partial charge in [-0.25, -0.2) is 0 Å². The van der Waals surface area contributed by atoms with Gasteiger partial charge < -0.3 is 5.32 Å². The lowest BCUT2D eigenvalue weighted by molar-refractivity contribution is 0.0946. The van der Waals surface area contributed by atoms with Crippen molar-refractivity contribution in [1.29, 1.82) is 0 Å². The van der Waals surface area contributed by atoms with E-state index in [1.165, 1.54) is 0 Å². The maximum Gasteiger partial charge on any atom is 0.251 e. The molecule has 1 fully saturated rings. The van der Waals surface area contributed by atoms with Gasteiger partial charge in [-0.2, -0.15) is 0 Å². The molecular weight excluding hydrogens is 302 g/mol. The van der Waals surface area contributed by atoms with Gasteiger partial charge in [-0.15, -0.1) is 0 Å². The van der Waals surface area contributed by atoms with E-state index in [0.717, 1.165) is 27.2 Å². The Balaban J connectivity index is 1.85. The molecule has 1 atom stereocenters. The topological polar surface area (TPSA) is 29.1 Å². The van der Waals surface area contributed by atoms with Gasteiger partial charge in [0.15, 0.2) is 0 Å². The van der Waals surface area contributed by atoms with Crippen molar-refractivity contribution in [3.63, 3.8) is 0 Å². The molecule has 19 heavy (non-hydrogen) atoms. The average Bonchev–Trinajstić information content (AvgIpc) is 2.95. The summed E-state index contributed by atoms with van der Waals surface area (Å²) in [6, 6.07) is 12.2. The summed E-state index contributed by atoms with van der Waals surface area (Å²) in [5.41, 5.74) is 0.995. The lowest BCUT2D eigenvalue weighted by Crippen LogP contribution is -2.28. The Kier molecular flexibility index (Phi) is 2.90. The highest BCUT2D eigenvalue weighted by atomic mass is 79.9. The minimum Gasteiger partial charge on any atom is -0.349 e. The van der Waals surface area contributed by atoms with Gasteiger partial charge in [0.1, 0.15) is 0 Å². The Morgan fingerprint density at radius 2 is 1.84 bits per heavy atom. The first-order chi connectivity index (χ1) is 8.95. The van der Waals surface area contributed by atoms with Crippen molar-refractivity contribution < 1.29 is 4.79 Å². The first kappa shape index (κ1) is 12.7. The number of benzene rings is 2. The van der Waals surface area contributed by atoms with Crippen molar-refractivity contribution >= 4 is 32.6 Å². The summed E-state index contributed by atoms with van der Waals surface area (Å²) in [4.78, 5) is 12.2. The van der Waals surface area contributed by atoms with Crippen LogP contribution < -0.4 is 5.32 Å². The van der Waals surface area contributed by atoms with E-state index >= 15 is 0 Å². The lowest BCUT2D eigenvalue weighted by atomic mass is 10.1. The molecule has 3 rings (SSSR count). The fraction of sp³-hybridized carbons (Fsp3) is 0.312. The number of fused-ring (bicyclic) bond motifs is 1. The van der Waals surface area contributed by atoms with E-state index in [1.54, 1.807) is 0 Å². The second kappa shape index (κ2) is 4.34. The van der Waals surface area contributed by atoms with Gasteiger partial charge in [0.05, 0.1) is 0 Å². The zero-order valence-electron chi connectivity index (χ0n) is 11.0. The van der Waals surface area contributed by atoms with Gasteiger partial charge in [0, 0.05) is 16.1 Å². The minimum absolute atomic E-state index is 0.0281. The highest BCUT2D eigenvalue weighted by molar-refractivity contribution is 9.10. The number of hydrogen-bond acceptors (Lipinski definition) is 1. The van der Waals surface area contributed by atoms with Crippen LogP contribution in [0, 0.1) is 5.41 Å². The van der Waals surface area contributed by atoms with Gasteiger partial charge in [0.25, 0.3) is 5.91 Å². The summed E-state index contributed by atoms with van der Waals surface area (Å²) < 4.78 is 1.05. The summed E-state index contributed by atoms with van der Waals surface area (Å²) in [6.07, 6.45) is 1.07. The standard InChI is InChI=1S/C16H16BrNO/c1-16(2)9-14(16)18-15(19)12-4-3-11-8-13(17)6-5-10(11)7-12/h3-8,14H,9H2,1-2H3,(H,18,19). The van der Waals surface area contributed by atoms with Crippen LogP contribution in [0.4, 0.5) is 0 Å². The third-order valence-electron chi connectivity index (χ3n) is 3.88. The van der Waals surface area contributed by atoms with Crippen molar-refractivity contribution in [2.24, 2.45) is 5.41 Å². The third-order valence-corrected chi connectivity index (χ3v) is 4.38. The molecule has 1 amide bonds. The van der Waals surface area contributed by atoms with Gasteiger partial charge in [-0.05, 0) is 46.9 Å². The summed E-state index contributed by atoms with van der Waals surface area (Å²) in [6.45, 7) is 4.35. The molecule has 1 aliphatic carbocycles. The quantitative estimate of drug-likeness (QED) is 0.886. The highest BCUT2D eigenvalue weighted by Gasteiger charge is 2.46. The molecule has 1 saturated carbocycles. The van der Waals surface area contributed by atoms with Crippen LogP contribution in [-0.2, 0) is 0 Å². The van der Waals surface area contributed by atoms with E-state index in [0.29, 0.717) is 6.04 Å². The second-order valence-electron chi connectivity index (χ2n) is 5.93. The van der Waals surface area contributed by atoms with Gasteiger partial charge in [-0.1, -0.05) is 41.9 Å². The molecule has 3 heteroatoms. The van der Waals surface area contributed by atoms with Crippen molar-refractivity contribution in [2.45, 2.75) is 26.3 Å². The Morgan fingerprint density at radius 1 is 1.21 bits per heavy atom. The predicted molar refractivity (Wildman–Crippen MR) is 81.3 cm³/mol. The molecule has 2 aromatic carbocycles. The van der Waals surface area contributed by atoms with Crippen LogP contribution in [0.25, 0.3) is 10.8 Å². The molecule has 0 spiro atoms. The van der Waals surface area contributed by atoms with E-state index in [-0.39, 0.29) is 11.3 Å². The van der Waals surface area contributed by atoms with Crippen molar-refractivity contribution in [3.8, 4) is 0 Å². The maximum absolute atomic E-state index is 12.2. The smallest absolute Gasteiger partial charge is 0.251 e. The van der Waals surface area contributed by atoms with E-state index in [9.17, 15) is 4.79 Å². The zero-order valence-corrected chi connectivity index (χ0v) is 12.6. The molecule has 98 valence electrons. The molecule has 1 unspecified atom stereocenters. The number of hydrogen-bond donors (Lipinski definition) is 1. The summed E-state index contributed by atoms with van der Waals surface area (Å²) in [5, 5.41) is 5.31. The first-order valence-electron chi connectivity index (χ1n) is 6.46. The molecule has 0 heterocycles. The molecule has 0 bridgehead atoms. The van der Waals surface area contributed by atoms with Crippen LogP contribution >= 0.6 is 15.9 Å². The number of nitrogens with one attached hydrogen (secondary N) is 1. The van der Waals surface area contributed by atoms with E-state index in [2.05, 4.69) is 41.2 Å². The number of amides is 1. The predicted octanol–water partition coefficient (Wildman–Crippen LogP) is 4.13. The fourth-order valence-corrected chi connectivity index (χ4v) is 2.69. The van der Waals surface area contributed by atoms with Crippen molar-refractivity contribution in [3.05, 3.63) is 46.4 Å². The Bertz CT molecular complexity index is 663. The summed E-state index contributed by atoms with van der Waals surface area (Å²) >= 11 is 3.45. The normalized spacial score (nSPS) is 20.3. The van der Waals surface area contributed by atoms with Gasteiger partial charge >= 0.3 is 0 Å². The number of rotatable bonds is 2. The highest BCUT2D eigenvalue weighted by Crippen LogP contribution is 2.44. The molecule has 0 saturated heterocycles. The molecule has 0 aromatic heterocycles. The number of carbonyl (C=O) groups is 1. The minimum atomic E-state index is 0.0281. The zero-order chi connectivity index (χ0) is 13.6. The van der Waals surface area contributed by atoms with Crippen molar-refractivity contribution in [2.75, 3.05) is 0 Å². The molecule has 2 aromatic rings. The molecule has 1 aliphatic rings.